The first-order valence-electron chi connectivity index (χ1n) is 5.76. The van der Waals surface area contributed by atoms with Gasteiger partial charge in [-0.05, 0) is 31.2 Å². The number of anilines is 2. The number of rotatable bonds is 7. The third kappa shape index (κ3) is 5.04. The van der Waals surface area contributed by atoms with Crippen molar-refractivity contribution in [3.8, 4) is 0 Å². The number of aliphatic hydroxyl groups excluding tert-OH is 2. The Morgan fingerprint density at radius 3 is 2.47 bits per heavy atom. The first-order chi connectivity index (χ1) is 8.13. The molecule has 0 aliphatic heterocycles. The van der Waals surface area contributed by atoms with Crippen molar-refractivity contribution in [3.63, 3.8) is 0 Å². The molecule has 0 aliphatic carbocycles. The second kappa shape index (κ2) is 7.11. The average Bonchev–Trinajstić information content (AvgIpc) is 2.30. The standard InChI is InChI=1S/C12H21N3O2/c1-10(17)15(8-9-16)7-6-14-12-4-2-11(13)3-5-12/h2-5,10,14,16-17H,6-9,13H2,1H3. The van der Waals surface area contributed by atoms with Gasteiger partial charge in [-0.3, -0.25) is 4.90 Å². The summed E-state index contributed by atoms with van der Waals surface area (Å²) in [5, 5.41) is 21.5. The molecule has 1 aromatic carbocycles. The van der Waals surface area contributed by atoms with Gasteiger partial charge < -0.3 is 21.3 Å². The zero-order valence-electron chi connectivity index (χ0n) is 10.1. The molecular formula is C12H21N3O2. The van der Waals surface area contributed by atoms with Crippen LogP contribution in [0.3, 0.4) is 0 Å². The van der Waals surface area contributed by atoms with E-state index in [1.165, 1.54) is 0 Å². The molecule has 17 heavy (non-hydrogen) atoms. The molecule has 0 fully saturated rings. The van der Waals surface area contributed by atoms with Crippen LogP contribution in [0.2, 0.25) is 0 Å². The fourth-order valence-electron chi connectivity index (χ4n) is 1.56. The molecule has 0 amide bonds. The van der Waals surface area contributed by atoms with Crippen molar-refractivity contribution in [2.24, 2.45) is 0 Å². The summed E-state index contributed by atoms with van der Waals surface area (Å²) in [5.41, 5.74) is 7.32. The molecule has 0 radical (unpaired) electrons. The van der Waals surface area contributed by atoms with Gasteiger partial charge in [-0.15, -0.1) is 0 Å². The van der Waals surface area contributed by atoms with Crippen LogP contribution in [0.25, 0.3) is 0 Å². The molecular weight excluding hydrogens is 218 g/mol. The molecule has 5 N–H and O–H groups in total. The van der Waals surface area contributed by atoms with Crippen molar-refractivity contribution < 1.29 is 10.2 Å². The van der Waals surface area contributed by atoms with Gasteiger partial charge in [0, 0.05) is 31.0 Å². The maximum absolute atomic E-state index is 9.45. The lowest BCUT2D eigenvalue weighted by molar-refractivity contribution is 0.0113. The Morgan fingerprint density at radius 2 is 1.94 bits per heavy atom. The van der Waals surface area contributed by atoms with Gasteiger partial charge in [0.2, 0.25) is 0 Å². The van der Waals surface area contributed by atoms with Crippen LogP contribution in [0.4, 0.5) is 11.4 Å². The zero-order valence-corrected chi connectivity index (χ0v) is 10.1. The number of nitrogens with two attached hydrogens (primary N) is 1. The van der Waals surface area contributed by atoms with Crippen LogP contribution in [-0.4, -0.2) is 47.6 Å². The molecule has 0 bridgehead atoms. The van der Waals surface area contributed by atoms with Crippen molar-refractivity contribution in [1.29, 1.82) is 0 Å². The fraction of sp³-hybridized carbons (Fsp3) is 0.500. The predicted octanol–water partition coefficient (Wildman–Crippen LogP) is 0.313. The highest BCUT2D eigenvalue weighted by Gasteiger charge is 2.08. The maximum Gasteiger partial charge on any atom is 0.104 e. The number of aliphatic hydroxyl groups is 2. The van der Waals surface area contributed by atoms with E-state index in [2.05, 4.69) is 5.32 Å². The molecule has 5 heteroatoms. The Labute approximate surface area is 102 Å². The Balaban J connectivity index is 2.33. The van der Waals surface area contributed by atoms with Crippen molar-refractivity contribution in [3.05, 3.63) is 24.3 Å². The van der Waals surface area contributed by atoms with E-state index in [0.717, 1.165) is 11.4 Å². The highest BCUT2D eigenvalue weighted by molar-refractivity contribution is 5.51. The molecule has 1 atom stereocenters. The lowest BCUT2D eigenvalue weighted by atomic mass is 10.3. The quantitative estimate of drug-likeness (QED) is 0.407. The minimum absolute atomic E-state index is 0.0484. The monoisotopic (exact) mass is 239 g/mol. The van der Waals surface area contributed by atoms with Gasteiger partial charge >= 0.3 is 0 Å². The van der Waals surface area contributed by atoms with Crippen LogP contribution in [0.5, 0.6) is 0 Å². The largest absolute Gasteiger partial charge is 0.399 e. The van der Waals surface area contributed by atoms with Crippen molar-refractivity contribution in [1.82, 2.24) is 4.90 Å². The van der Waals surface area contributed by atoms with Gasteiger partial charge in [0.15, 0.2) is 0 Å². The number of hydrogen-bond acceptors (Lipinski definition) is 5. The first kappa shape index (κ1) is 13.8. The molecule has 0 heterocycles. The summed E-state index contributed by atoms with van der Waals surface area (Å²) in [6, 6.07) is 7.49. The third-order valence-electron chi connectivity index (χ3n) is 2.55. The SMILES string of the molecule is CC(O)N(CCO)CCNc1ccc(N)cc1. The highest BCUT2D eigenvalue weighted by Crippen LogP contribution is 2.09. The summed E-state index contributed by atoms with van der Waals surface area (Å²) < 4.78 is 0. The van der Waals surface area contributed by atoms with Gasteiger partial charge in [-0.2, -0.15) is 0 Å². The Morgan fingerprint density at radius 1 is 1.29 bits per heavy atom. The lowest BCUT2D eigenvalue weighted by Crippen LogP contribution is -2.38. The fourth-order valence-corrected chi connectivity index (χ4v) is 1.56. The number of nitrogens with one attached hydrogen (secondary N) is 1. The van der Waals surface area contributed by atoms with E-state index in [1.54, 1.807) is 11.8 Å². The van der Waals surface area contributed by atoms with Crippen LogP contribution in [-0.2, 0) is 0 Å². The van der Waals surface area contributed by atoms with Crippen molar-refractivity contribution in [2.75, 3.05) is 37.3 Å². The Bertz CT molecular complexity index is 314. The van der Waals surface area contributed by atoms with Crippen molar-refractivity contribution in [2.45, 2.75) is 13.2 Å². The molecule has 1 unspecified atom stereocenters. The third-order valence-corrected chi connectivity index (χ3v) is 2.55. The van der Waals surface area contributed by atoms with Crippen LogP contribution in [0.15, 0.2) is 24.3 Å². The van der Waals surface area contributed by atoms with E-state index in [1.807, 2.05) is 24.3 Å². The molecule has 0 saturated carbocycles. The maximum atomic E-state index is 9.45. The number of benzene rings is 1. The summed E-state index contributed by atoms with van der Waals surface area (Å²) >= 11 is 0. The molecule has 0 aromatic heterocycles. The summed E-state index contributed by atoms with van der Waals surface area (Å²) in [6.45, 7) is 3.59. The minimum atomic E-state index is -0.546. The predicted molar refractivity (Wildman–Crippen MR) is 69.7 cm³/mol. The van der Waals surface area contributed by atoms with Gasteiger partial charge in [0.25, 0.3) is 0 Å². The molecule has 0 spiro atoms. The second-order valence-corrected chi connectivity index (χ2v) is 3.94. The number of nitrogen functional groups attached to an aromatic ring is 1. The average molecular weight is 239 g/mol. The molecule has 5 nitrogen and oxygen atoms in total. The van der Waals surface area contributed by atoms with E-state index >= 15 is 0 Å². The van der Waals surface area contributed by atoms with Crippen LogP contribution in [0.1, 0.15) is 6.92 Å². The number of hydrogen-bond donors (Lipinski definition) is 4. The zero-order chi connectivity index (χ0) is 12.7. The summed E-state index contributed by atoms with van der Waals surface area (Å²) in [5.74, 6) is 0. The van der Waals surface area contributed by atoms with Gasteiger partial charge in [-0.25, -0.2) is 0 Å². The Kier molecular flexibility index (Phi) is 5.76. The van der Waals surface area contributed by atoms with E-state index in [4.69, 9.17) is 10.8 Å². The topological polar surface area (TPSA) is 81.8 Å². The first-order valence-corrected chi connectivity index (χ1v) is 5.76. The van der Waals surface area contributed by atoms with Gasteiger partial charge in [-0.1, -0.05) is 0 Å². The molecule has 0 saturated heterocycles. The lowest BCUT2D eigenvalue weighted by Gasteiger charge is -2.24. The molecule has 96 valence electrons. The van der Waals surface area contributed by atoms with E-state index < -0.39 is 6.23 Å². The van der Waals surface area contributed by atoms with E-state index in [-0.39, 0.29) is 6.61 Å². The van der Waals surface area contributed by atoms with Gasteiger partial charge in [0.1, 0.15) is 6.23 Å². The number of nitrogens with zero attached hydrogens (tertiary/aromatic N) is 1. The summed E-state index contributed by atoms with van der Waals surface area (Å²) in [6.07, 6.45) is -0.546. The van der Waals surface area contributed by atoms with Crippen LogP contribution >= 0.6 is 0 Å². The highest BCUT2D eigenvalue weighted by atomic mass is 16.3. The summed E-state index contributed by atoms with van der Waals surface area (Å²) in [4.78, 5) is 1.80. The Hall–Kier alpha value is -1.30. The normalized spacial score (nSPS) is 12.7. The van der Waals surface area contributed by atoms with Gasteiger partial charge in [0.05, 0.1) is 6.61 Å². The minimum Gasteiger partial charge on any atom is -0.399 e. The molecule has 0 aliphatic rings. The van der Waals surface area contributed by atoms with Crippen molar-refractivity contribution >= 4 is 11.4 Å². The molecule has 1 aromatic rings. The van der Waals surface area contributed by atoms with Crippen LogP contribution < -0.4 is 11.1 Å². The van der Waals surface area contributed by atoms with E-state index in [0.29, 0.717) is 19.6 Å². The second-order valence-electron chi connectivity index (χ2n) is 3.94. The molecule has 1 rings (SSSR count). The summed E-state index contributed by atoms with van der Waals surface area (Å²) in [7, 11) is 0. The van der Waals surface area contributed by atoms with E-state index in [9.17, 15) is 5.11 Å². The van der Waals surface area contributed by atoms with Crippen LogP contribution in [0, 0.1) is 0 Å². The smallest absolute Gasteiger partial charge is 0.104 e.